The largest absolute Gasteiger partial charge is 0.318 e. The predicted octanol–water partition coefficient (Wildman–Crippen LogP) is 4.04. The number of aromatic nitrogens is 3. The molecule has 3 nitrogen and oxygen atoms in total. The van der Waals surface area contributed by atoms with Crippen molar-refractivity contribution in [2.75, 3.05) is 0 Å². The summed E-state index contributed by atoms with van der Waals surface area (Å²) in [5, 5.41) is 1.78. The SMILES string of the molecule is Cn1c(Cl)c(Br)c2c(C3CCCC3)ncnc21. The third-order valence-corrected chi connectivity index (χ3v) is 5.05. The highest BCUT2D eigenvalue weighted by atomic mass is 79.9. The van der Waals surface area contributed by atoms with Crippen molar-refractivity contribution >= 4 is 38.6 Å². The average molecular weight is 315 g/mol. The molecule has 0 N–H and O–H groups in total. The molecule has 1 aliphatic rings. The molecule has 0 unspecified atom stereocenters. The van der Waals surface area contributed by atoms with Crippen LogP contribution in [0.3, 0.4) is 0 Å². The fourth-order valence-corrected chi connectivity index (χ4v) is 3.53. The molecule has 0 bridgehead atoms. The van der Waals surface area contributed by atoms with Crippen molar-refractivity contribution < 1.29 is 0 Å². The number of rotatable bonds is 1. The number of fused-ring (bicyclic) bond motifs is 1. The fourth-order valence-electron chi connectivity index (χ4n) is 2.71. The molecule has 90 valence electrons. The lowest BCUT2D eigenvalue weighted by Gasteiger charge is -2.09. The Kier molecular flexibility index (Phi) is 2.87. The Balaban J connectivity index is 2.28. The molecule has 3 rings (SSSR count). The smallest absolute Gasteiger partial charge is 0.145 e. The summed E-state index contributed by atoms with van der Waals surface area (Å²) in [5.41, 5.74) is 2.07. The maximum absolute atomic E-state index is 6.25. The van der Waals surface area contributed by atoms with E-state index in [4.69, 9.17) is 11.6 Å². The van der Waals surface area contributed by atoms with E-state index < -0.39 is 0 Å². The maximum atomic E-state index is 6.25. The zero-order valence-corrected chi connectivity index (χ0v) is 11.9. The number of nitrogens with zero attached hydrogens (tertiary/aromatic N) is 3. The Bertz CT molecular complexity index is 573. The summed E-state index contributed by atoms with van der Waals surface area (Å²) in [7, 11) is 1.93. The van der Waals surface area contributed by atoms with E-state index in [1.54, 1.807) is 6.33 Å². The van der Waals surface area contributed by atoms with Crippen molar-refractivity contribution in [1.29, 1.82) is 0 Å². The Morgan fingerprint density at radius 3 is 2.76 bits per heavy atom. The van der Waals surface area contributed by atoms with Crippen molar-refractivity contribution in [2.24, 2.45) is 7.05 Å². The van der Waals surface area contributed by atoms with Crippen molar-refractivity contribution in [3.63, 3.8) is 0 Å². The van der Waals surface area contributed by atoms with E-state index in [1.807, 2.05) is 11.6 Å². The molecule has 1 fully saturated rings. The summed E-state index contributed by atoms with van der Waals surface area (Å²) in [4.78, 5) is 8.82. The minimum absolute atomic E-state index is 0.565. The lowest BCUT2D eigenvalue weighted by molar-refractivity contribution is 0.702. The van der Waals surface area contributed by atoms with Gasteiger partial charge in [-0.2, -0.15) is 0 Å². The molecule has 0 aliphatic heterocycles. The van der Waals surface area contributed by atoms with E-state index in [0.29, 0.717) is 11.1 Å². The minimum atomic E-state index is 0.565. The van der Waals surface area contributed by atoms with Gasteiger partial charge in [-0.15, -0.1) is 0 Å². The van der Waals surface area contributed by atoms with E-state index in [2.05, 4.69) is 25.9 Å². The molecular weight excluding hydrogens is 302 g/mol. The highest BCUT2D eigenvalue weighted by molar-refractivity contribution is 9.10. The zero-order chi connectivity index (χ0) is 12.0. The summed E-state index contributed by atoms with van der Waals surface area (Å²) in [6, 6.07) is 0. The van der Waals surface area contributed by atoms with Crippen molar-refractivity contribution in [3.05, 3.63) is 21.6 Å². The fraction of sp³-hybridized carbons (Fsp3) is 0.500. The van der Waals surface area contributed by atoms with E-state index >= 15 is 0 Å². The monoisotopic (exact) mass is 313 g/mol. The van der Waals surface area contributed by atoms with Gasteiger partial charge in [0.15, 0.2) is 0 Å². The molecule has 0 aromatic carbocycles. The van der Waals surface area contributed by atoms with Gasteiger partial charge < -0.3 is 4.57 Å². The molecule has 2 aromatic heterocycles. The molecule has 0 spiro atoms. The first kappa shape index (κ1) is 11.5. The van der Waals surface area contributed by atoms with Crippen molar-refractivity contribution in [2.45, 2.75) is 31.6 Å². The molecule has 2 aromatic rings. The van der Waals surface area contributed by atoms with Gasteiger partial charge in [0, 0.05) is 13.0 Å². The van der Waals surface area contributed by atoms with Gasteiger partial charge in [0.1, 0.15) is 17.1 Å². The maximum Gasteiger partial charge on any atom is 0.145 e. The summed E-state index contributed by atoms with van der Waals surface area (Å²) in [5.74, 6) is 0.565. The number of aryl methyl sites for hydroxylation is 1. The normalized spacial score (nSPS) is 17.1. The summed E-state index contributed by atoms with van der Waals surface area (Å²) < 4.78 is 2.83. The Morgan fingerprint density at radius 1 is 1.35 bits per heavy atom. The number of hydrogen-bond acceptors (Lipinski definition) is 2. The van der Waals surface area contributed by atoms with Gasteiger partial charge in [-0.25, -0.2) is 9.97 Å². The van der Waals surface area contributed by atoms with E-state index in [0.717, 1.165) is 21.2 Å². The molecule has 1 saturated carbocycles. The van der Waals surface area contributed by atoms with Gasteiger partial charge in [-0.05, 0) is 28.8 Å². The van der Waals surface area contributed by atoms with Crippen LogP contribution in [0.4, 0.5) is 0 Å². The van der Waals surface area contributed by atoms with Gasteiger partial charge in [0.05, 0.1) is 15.6 Å². The van der Waals surface area contributed by atoms with Crippen LogP contribution in [0.15, 0.2) is 10.8 Å². The van der Waals surface area contributed by atoms with Crippen molar-refractivity contribution in [1.82, 2.24) is 14.5 Å². The Hall–Kier alpha value is -0.610. The first-order valence-corrected chi connectivity index (χ1v) is 7.01. The lowest BCUT2D eigenvalue weighted by atomic mass is 10.0. The second-order valence-electron chi connectivity index (χ2n) is 4.60. The van der Waals surface area contributed by atoms with Crippen LogP contribution in [0.5, 0.6) is 0 Å². The molecule has 0 atom stereocenters. The van der Waals surface area contributed by atoms with Crippen LogP contribution in [0.1, 0.15) is 37.3 Å². The first-order valence-electron chi connectivity index (χ1n) is 5.84. The van der Waals surface area contributed by atoms with Gasteiger partial charge in [0.25, 0.3) is 0 Å². The standard InChI is InChI=1S/C12H13BrClN3/c1-17-11(14)9(13)8-10(7-4-2-3-5-7)15-6-16-12(8)17/h6-7H,2-5H2,1H3. The van der Waals surface area contributed by atoms with E-state index in [-0.39, 0.29) is 0 Å². The molecule has 0 amide bonds. The van der Waals surface area contributed by atoms with Gasteiger partial charge in [-0.3, -0.25) is 0 Å². The first-order chi connectivity index (χ1) is 8.20. The van der Waals surface area contributed by atoms with Crippen LogP contribution in [0.25, 0.3) is 11.0 Å². The lowest BCUT2D eigenvalue weighted by Crippen LogP contribution is -1.99. The highest BCUT2D eigenvalue weighted by Gasteiger charge is 2.24. The molecular formula is C12H13BrClN3. The number of hydrogen-bond donors (Lipinski definition) is 0. The van der Waals surface area contributed by atoms with E-state index in [1.165, 1.54) is 25.7 Å². The quantitative estimate of drug-likeness (QED) is 0.795. The van der Waals surface area contributed by atoms with Gasteiger partial charge >= 0.3 is 0 Å². The summed E-state index contributed by atoms with van der Waals surface area (Å²) >= 11 is 9.81. The van der Waals surface area contributed by atoms with Gasteiger partial charge in [0.2, 0.25) is 0 Å². The molecule has 1 aliphatic carbocycles. The Morgan fingerprint density at radius 2 is 2.06 bits per heavy atom. The zero-order valence-electron chi connectivity index (χ0n) is 9.58. The second-order valence-corrected chi connectivity index (χ2v) is 5.75. The summed E-state index contributed by atoms with van der Waals surface area (Å²) in [6.07, 6.45) is 6.71. The molecule has 5 heteroatoms. The molecule has 17 heavy (non-hydrogen) atoms. The average Bonchev–Trinajstić information content (AvgIpc) is 2.94. The van der Waals surface area contributed by atoms with Crippen LogP contribution in [-0.2, 0) is 7.05 Å². The molecule has 2 heterocycles. The highest BCUT2D eigenvalue weighted by Crippen LogP contribution is 2.41. The van der Waals surface area contributed by atoms with Gasteiger partial charge in [-0.1, -0.05) is 24.4 Å². The predicted molar refractivity (Wildman–Crippen MR) is 72.4 cm³/mol. The van der Waals surface area contributed by atoms with Crippen molar-refractivity contribution in [3.8, 4) is 0 Å². The molecule has 0 radical (unpaired) electrons. The molecule has 0 saturated heterocycles. The van der Waals surface area contributed by atoms with E-state index in [9.17, 15) is 0 Å². The third-order valence-electron chi connectivity index (χ3n) is 3.61. The van der Waals surface area contributed by atoms with Crippen LogP contribution in [-0.4, -0.2) is 14.5 Å². The Labute approximate surface area is 113 Å². The second kappa shape index (κ2) is 4.25. The van der Waals surface area contributed by atoms with Crippen LogP contribution in [0.2, 0.25) is 5.15 Å². The number of halogens is 2. The third kappa shape index (κ3) is 1.69. The topological polar surface area (TPSA) is 30.7 Å². The summed E-state index contributed by atoms with van der Waals surface area (Å²) in [6.45, 7) is 0. The van der Waals surface area contributed by atoms with Crippen LogP contribution < -0.4 is 0 Å². The van der Waals surface area contributed by atoms with Crippen LogP contribution >= 0.6 is 27.5 Å². The van der Waals surface area contributed by atoms with Crippen LogP contribution in [0, 0.1) is 0 Å². The minimum Gasteiger partial charge on any atom is -0.318 e.